The first-order chi connectivity index (χ1) is 9.02. The molecule has 2 N–H and O–H groups in total. The summed E-state index contributed by atoms with van der Waals surface area (Å²) in [6.07, 6.45) is 0.518. The summed E-state index contributed by atoms with van der Waals surface area (Å²) in [4.78, 5) is 22.5. The van der Waals surface area contributed by atoms with E-state index in [2.05, 4.69) is 26.6 Å². The van der Waals surface area contributed by atoms with Crippen LogP contribution in [0.4, 0.5) is 10.1 Å². The summed E-state index contributed by atoms with van der Waals surface area (Å²) in [5.74, 6) is -1.44. The lowest BCUT2D eigenvalue weighted by molar-refractivity contribution is -0.133. The van der Waals surface area contributed by atoms with E-state index in [1.807, 2.05) is 6.07 Å². The van der Waals surface area contributed by atoms with Crippen LogP contribution in [0.2, 0.25) is 0 Å². The number of hydrogen-bond acceptors (Lipinski definition) is 4. The van der Waals surface area contributed by atoms with Gasteiger partial charge in [-0.3, -0.25) is 14.9 Å². The standard InChI is InChI=1S/C12H9BrFN3O2/c13-10-6(5-15)1-2-7(11(10)14)16-8-3-4-9(18)17-12(8)19/h1-2,8,16H,3-4H2,(H,17,18,19). The molecule has 1 aromatic rings. The molecule has 0 saturated carbocycles. The Morgan fingerprint density at radius 2 is 2.21 bits per heavy atom. The van der Waals surface area contributed by atoms with Gasteiger partial charge in [-0.25, -0.2) is 4.39 Å². The zero-order valence-corrected chi connectivity index (χ0v) is 11.3. The molecule has 1 heterocycles. The Balaban J connectivity index is 2.21. The molecule has 1 atom stereocenters. The van der Waals surface area contributed by atoms with E-state index in [4.69, 9.17) is 5.26 Å². The molecule has 98 valence electrons. The number of carbonyl (C=O) groups is 2. The maximum atomic E-state index is 13.9. The van der Waals surface area contributed by atoms with E-state index >= 15 is 0 Å². The number of imide groups is 1. The van der Waals surface area contributed by atoms with Crippen molar-refractivity contribution in [3.05, 3.63) is 28.0 Å². The Labute approximate surface area is 116 Å². The lowest BCUT2D eigenvalue weighted by atomic mass is 10.1. The van der Waals surface area contributed by atoms with Gasteiger partial charge in [0.2, 0.25) is 11.8 Å². The van der Waals surface area contributed by atoms with Crippen molar-refractivity contribution in [2.75, 3.05) is 5.32 Å². The predicted molar refractivity (Wildman–Crippen MR) is 68.6 cm³/mol. The van der Waals surface area contributed by atoms with Crippen molar-refractivity contribution in [1.29, 1.82) is 5.26 Å². The summed E-state index contributed by atoms with van der Waals surface area (Å²) in [5, 5.41) is 13.7. The van der Waals surface area contributed by atoms with Crippen molar-refractivity contribution >= 4 is 33.4 Å². The fourth-order valence-electron chi connectivity index (χ4n) is 1.77. The molecule has 2 rings (SSSR count). The average Bonchev–Trinajstić information content (AvgIpc) is 2.38. The minimum absolute atomic E-state index is 0.0484. The van der Waals surface area contributed by atoms with Gasteiger partial charge < -0.3 is 5.32 Å². The topological polar surface area (TPSA) is 82.0 Å². The molecule has 0 aliphatic carbocycles. The number of nitriles is 1. The smallest absolute Gasteiger partial charge is 0.249 e. The zero-order chi connectivity index (χ0) is 14.0. The van der Waals surface area contributed by atoms with Gasteiger partial charge in [0.25, 0.3) is 0 Å². The summed E-state index contributed by atoms with van der Waals surface area (Å²) in [5.41, 5.74) is 0.284. The van der Waals surface area contributed by atoms with Crippen molar-refractivity contribution in [2.24, 2.45) is 0 Å². The molecular formula is C12H9BrFN3O2. The van der Waals surface area contributed by atoms with Crippen LogP contribution in [-0.4, -0.2) is 17.9 Å². The number of halogens is 2. The molecule has 1 saturated heterocycles. The highest BCUT2D eigenvalue weighted by molar-refractivity contribution is 9.10. The van der Waals surface area contributed by atoms with Crippen molar-refractivity contribution in [2.45, 2.75) is 18.9 Å². The van der Waals surface area contributed by atoms with Crippen molar-refractivity contribution < 1.29 is 14.0 Å². The van der Waals surface area contributed by atoms with Crippen LogP contribution in [-0.2, 0) is 9.59 Å². The highest BCUT2D eigenvalue weighted by Crippen LogP contribution is 2.27. The second kappa shape index (κ2) is 5.36. The Bertz CT molecular complexity index is 597. The molecule has 0 aromatic heterocycles. The molecule has 1 unspecified atom stereocenters. The fourth-order valence-corrected chi connectivity index (χ4v) is 2.20. The van der Waals surface area contributed by atoms with E-state index in [0.29, 0.717) is 6.42 Å². The predicted octanol–water partition coefficient (Wildman–Crippen LogP) is 1.68. The number of benzene rings is 1. The molecule has 1 fully saturated rings. The Morgan fingerprint density at radius 1 is 1.47 bits per heavy atom. The lowest BCUT2D eigenvalue weighted by Gasteiger charge is -2.23. The summed E-state index contributed by atoms with van der Waals surface area (Å²) >= 11 is 2.99. The van der Waals surface area contributed by atoms with Crippen LogP contribution in [0.25, 0.3) is 0 Å². The average molecular weight is 326 g/mol. The number of piperidine rings is 1. The molecule has 2 amide bonds. The molecule has 1 aliphatic heterocycles. The summed E-state index contributed by atoms with van der Waals surface area (Å²) in [7, 11) is 0. The van der Waals surface area contributed by atoms with Gasteiger partial charge in [-0.05, 0) is 34.5 Å². The van der Waals surface area contributed by atoms with E-state index in [1.165, 1.54) is 12.1 Å². The summed E-state index contributed by atoms with van der Waals surface area (Å²) in [6, 6.07) is 4.02. The lowest BCUT2D eigenvalue weighted by Crippen LogP contribution is -2.47. The first-order valence-corrected chi connectivity index (χ1v) is 6.30. The Kier molecular flexibility index (Phi) is 3.81. The summed E-state index contributed by atoms with van der Waals surface area (Å²) in [6.45, 7) is 0. The van der Waals surface area contributed by atoms with E-state index in [-0.39, 0.29) is 28.1 Å². The highest BCUT2D eigenvalue weighted by atomic mass is 79.9. The van der Waals surface area contributed by atoms with Gasteiger partial charge in [-0.2, -0.15) is 5.26 Å². The molecule has 0 radical (unpaired) electrons. The van der Waals surface area contributed by atoms with Gasteiger partial charge in [0.15, 0.2) is 5.82 Å². The van der Waals surface area contributed by atoms with Crippen LogP contribution in [0, 0.1) is 17.1 Å². The van der Waals surface area contributed by atoms with Gasteiger partial charge in [0.05, 0.1) is 15.7 Å². The van der Waals surface area contributed by atoms with Gasteiger partial charge >= 0.3 is 0 Å². The maximum absolute atomic E-state index is 13.9. The second-order valence-corrected chi connectivity index (χ2v) is 4.84. The number of hydrogen-bond donors (Lipinski definition) is 2. The quantitative estimate of drug-likeness (QED) is 0.810. The van der Waals surface area contributed by atoms with Crippen molar-refractivity contribution in [1.82, 2.24) is 5.32 Å². The van der Waals surface area contributed by atoms with Gasteiger partial charge in [-0.1, -0.05) is 0 Å². The number of carbonyl (C=O) groups excluding carboxylic acids is 2. The molecule has 0 bridgehead atoms. The second-order valence-electron chi connectivity index (χ2n) is 4.05. The normalized spacial score (nSPS) is 18.7. The minimum atomic E-state index is -0.660. The Morgan fingerprint density at radius 3 is 2.84 bits per heavy atom. The Hall–Kier alpha value is -1.94. The fraction of sp³-hybridized carbons (Fsp3) is 0.250. The SMILES string of the molecule is N#Cc1ccc(NC2CCC(=O)NC2=O)c(F)c1Br. The first-order valence-electron chi connectivity index (χ1n) is 5.51. The van der Waals surface area contributed by atoms with E-state index in [0.717, 1.165) is 0 Å². The van der Waals surface area contributed by atoms with Crippen LogP contribution in [0.3, 0.4) is 0 Å². The molecular weight excluding hydrogens is 317 g/mol. The zero-order valence-electron chi connectivity index (χ0n) is 9.67. The van der Waals surface area contributed by atoms with Crippen LogP contribution in [0.5, 0.6) is 0 Å². The molecule has 1 aliphatic rings. The van der Waals surface area contributed by atoms with E-state index in [1.54, 1.807) is 0 Å². The number of rotatable bonds is 2. The third-order valence-electron chi connectivity index (χ3n) is 2.77. The van der Waals surface area contributed by atoms with Crippen LogP contribution in [0.15, 0.2) is 16.6 Å². The van der Waals surface area contributed by atoms with Crippen molar-refractivity contribution in [3.8, 4) is 6.07 Å². The minimum Gasteiger partial charge on any atom is -0.371 e. The number of anilines is 1. The van der Waals surface area contributed by atoms with E-state index in [9.17, 15) is 14.0 Å². The highest BCUT2D eigenvalue weighted by Gasteiger charge is 2.27. The molecule has 0 spiro atoms. The third-order valence-corrected chi connectivity index (χ3v) is 3.55. The molecule has 1 aromatic carbocycles. The maximum Gasteiger partial charge on any atom is 0.249 e. The molecule has 5 nitrogen and oxygen atoms in total. The number of nitrogens with zero attached hydrogens (tertiary/aromatic N) is 1. The van der Waals surface area contributed by atoms with Crippen LogP contribution >= 0.6 is 15.9 Å². The van der Waals surface area contributed by atoms with Crippen LogP contribution in [0.1, 0.15) is 18.4 Å². The third kappa shape index (κ3) is 2.74. The van der Waals surface area contributed by atoms with Crippen molar-refractivity contribution in [3.63, 3.8) is 0 Å². The largest absolute Gasteiger partial charge is 0.371 e. The number of nitrogens with one attached hydrogen (secondary N) is 2. The summed E-state index contributed by atoms with van der Waals surface area (Å²) < 4.78 is 14.0. The first kappa shape index (κ1) is 13.5. The van der Waals surface area contributed by atoms with Crippen LogP contribution < -0.4 is 10.6 Å². The van der Waals surface area contributed by atoms with Gasteiger partial charge in [-0.15, -0.1) is 0 Å². The monoisotopic (exact) mass is 325 g/mol. The molecule has 7 heteroatoms. The number of amides is 2. The molecule has 19 heavy (non-hydrogen) atoms. The van der Waals surface area contributed by atoms with Gasteiger partial charge in [0, 0.05) is 6.42 Å². The van der Waals surface area contributed by atoms with Gasteiger partial charge in [0.1, 0.15) is 12.1 Å². The van der Waals surface area contributed by atoms with E-state index < -0.39 is 17.8 Å².